The van der Waals surface area contributed by atoms with Gasteiger partial charge in [-0.25, -0.2) is 4.39 Å². The normalized spacial score (nSPS) is 14.0. The van der Waals surface area contributed by atoms with Crippen LogP contribution in [0.15, 0.2) is 18.2 Å². The molecule has 0 amide bonds. The van der Waals surface area contributed by atoms with Crippen molar-refractivity contribution in [3.05, 3.63) is 35.1 Å². The van der Waals surface area contributed by atoms with Crippen LogP contribution in [0.4, 0.5) is 13.2 Å². The minimum absolute atomic E-state index is 0.0145. The topological polar surface area (TPSA) is 46.2 Å². The smallest absolute Gasteiger partial charge is 0.298 e. The van der Waals surface area contributed by atoms with Crippen LogP contribution in [0.3, 0.4) is 0 Å². The van der Waals surface area contributed by atoms with Crippen LogP contribution >= 0.6 is 0 Å². The average Bonchev–Trinajstić information content (AvgIpc) is 2.17. The fourth-order valence-electron chi connectivity index (χ4n) is 1.27. The summed E-state index contributed by atoms with van der Waals surface area (Å²) in [7, 11) is 0. The molecule has 0 aliphatic carbocycles. The SMILES string of the molecule is CC(N)c1cccc(C(F)(F)CO)c1F. The number of hydrogen-bond donors (Lipinski definition) is 2. The standard InChI is InChI=1S/C10H12F3NO/c1-6(14)7-3-2-4-8(9(7)11)10(12,13)5-15/h2-4,6,15H,5,14H2,1H3. The fraction of sp³-hybridized carbons (Fsp3) is 0.400. The van der Waals surface area contributed by atoms with Crippen molar-refractivity contribution in [2.24, 2.45) is 5.73 Å². The zero-order chi connectivity index (χ0) is 11.6. The molecule has 0 aromatic heterocycles. The van der Waals surface area contributed by atoms with Gasteiger partial charge in [0.25, 0.3) is 5.92 Å². The van der Waals surface area contributed by atoms with Crippen LogP contribution in [0.5, 0.6) is 0 Å². The molecule has 0 bridgehead atoms. The first kappa shape index (κ1) is 12.0. The predicted molar refractivity (Wildman–Crippen MR) is 50.0 cm³/mol. The second kappa shape index (κ2) is 4.20. The monoisotopic (exact) mass is 219 g/mol. The van der Waals surface area contributed by atoms with Gasteiger partial charge in [-0.15, -0.1) is 0 Å². The number of hydrogen-bond acceptors (Lipinski definition) is 2. The van der Waals surface area contributed by atoms with Crippen LogP contribution in [-0.4, -0.2) is 11.7 Å². The zero-order valence-electron chi connectivity index (χ0n) is 8.17. The number of aliphatic hydroxyl groups excluding tert-OH is 1. The van der Waals surface area contributed by atoms with E-state index in [0.717, 1.165) is 6.07 Å². The first-order valence-electron chi connectivity index (χ1n) is 4.43. The molecule has 1 aromatic rings. The molecular formula is C10H12F3NO. The number of halogens is 3. The van der Waals surface area contributed by atoms with Gasteiger partial charge in [-0.05, 0) is 13.0 Å². The number of benzene rings is 1. The van der Waals surface area contributed by atoms with Crippen LogP contribution in [0.1, 0.15) is 24.1 Å². The Kier molecular flexibility index (Phi) is 3.36. The van der Waals surface area contributed by atoms with Crippen LogP contribution in [0.25, 0.3) is 0 Å². The Balaban J connectivity index is 3.27. The third-order valence-electron chi connectivity index (χ3n) is 2.11. The summed E-state index contributed by atoms with van der Waals surface area (Å²) < 4.78 is 39.7. The Labute approximate surface area is 85.5 Å². The molecule has 0 saturated carbocycles. The van der Waals surface area contributed by atoms with Gasteiger partial charge in [0.1, 0.15) is 12.4 Å². The molecule has 84 valence electrons. The van der Waals surface area contributed by atoms with Crippen LogP contribution in [-0.2, 0) is 5.92 Å². The van der Waals surface area contributed by atoms with E-state index < -0.39 is 30.0 Å². The molecule has 15 heavy (non-hydrogen) atoms. The van der Waals surface area contributed by atoms with Gasteiger partial charge in [0, 0.05) is 11.6 Å². The third-order valence-corrected chi connectivity index (χ3v) is 2.11. The molecule has 0 spiro atoms. The Morgan fingerprint density at radius 3 is 2.53 bits per heavy atom. The van der Waals surface area contributed by atoms with Crippen molar-refractivity contribution < 1.29 is 18.3 Å². The van der Waals surface area contributed by atoms with Gasteiger partial charge in [-0.1, -0.05) is 12.1 Å². The Hall–Kier alpha value is -1.07. The molecule has 1 atom stereocenters. The molecular weight excluding hydrogens is 207 g/mol. The van der Waals surface area contributed by atoms with Gasteiger partial charge < -0.3 is 10.8 Å². The van der Waals surface area contributed by atoms with E-state index in [-0.39, 0.29) is 5.56 Å². The Bertz CT molecular complexity index is 353. The summed E-state index contributed by atoms with van der Waals surface area (Å²) in [6.07, 6.45) is 0. The highest BCUT2D eigenvalue weighted by Gasteiger charge is 2.34. The summed E-state index contributed by atoms with van der Waals surface area (Å²) in [6.45, 7) is 0.0750. The van der Waals surface area contributed by atoms with Crippen molar-refractivity contribution in [3.63, 3.8) is 0 Å². The van der Waals surface area contributed by atoms with Gasteiger partial charge in [0.05, 0.1) is 5.56 Å². The molecule has 0 saturated heterocycles. The molecule has 3 N–H and O–H groups in total. The molecule has 1 unspecified atom stereocenters. The summed E-state index contributed by atoms with van der Waals surface area (Å²) in [5.41, 5.74) is 4.62. The highest BCUT2D eigenvalue weighted by molar-refractivity contribution is 5.31. The van der Waals surface area contributed by atoms with E-state index in [1.54, 1.807) is 0 Å². The minimum atomic E-state index is -3.57. The molecule has 0 radical (unpaired) electrons. The van der Waals surface area contributed by atoms with Gasteiger partial charge in [-0.2, -0.15) is 8.78 Å². The average molecular weight is 219 g/mol. The Morgan fingerprint density at radius 2 is 2.07 bits per heavy atom. The number of rotatable bonds is 3. The van der Waals surface area contributed by atoms with Gasteiger partial charge in [0.15, 0.2) is 0 Å². The van der Waals surface area contributed by atoms with E-state index in [1.807, 2.05) is 0 Å². The van der Waals surface area contributed by atoms with E-state index in [9.17, 15) is 13.2 Å². The van der Waals surface area contributed by atoms with Crippen molar-refractivity contribution in [1.29, 1.82) is 0 Å². The maximum Gasteiger partial charge on any atom is 0.298 e. The molecule has 2 nitrogen and oxygen atoms in total. The second-order valence-electron chi connectivity index (χ2n) is 3.36. The van der Waals surface area contributed by atoms with E-state index in [1.165, 1.54) is 19.1 Å². The highest BCUT2D eigenvalue weighted by Crippen LogP contribution is 2.31. The summed E-state index contributed by atoms with van der Waals surface area (Å²) in [4.78, 5) is 0. The lowest BCUT2D eigenvalue weighted by atomic mass is 10.0. The largest absolute Gasteiger partial charge is 0.390 e. The zero-order valence-corrected chi connectivity index (χ0v) is 8.17. The summed E-state index contributed by atoms with van der Waals surface area (Å²) >= 11 is 0. The van der Waals surface area contributed by atoms with Crippen LogP contribution < -0.4 is 5.73 Å². The lowest BCUT2D eigenvalue weighted by Gasteiger charge is -2.17. The molecule has 0 fully saturated rings. The quantitative estimate of drug-likeness (QED) is 0.815. The number of alkyl halides is 2. The number of nitrogens with two attached hydrogens (primary N) is 1. The lowest BCUT2D eigenvalue weighted by Crippen LogP contribution is -2.22. The van der Waals surface area contributed by atoms with Gasteiger partial charge in [0.2, 0.25) is 0 Å². The van der Waals surface area contributed by atoms with Gasteiger partial charge in [-0.3, -0.25) is 0 Å². The summed E-state index contributed by atoms with van der Waals surface area (Å²) in [5.74, 6) is -4.62. The van der Waals surface area contributed by atoms with Crippen LogP contribution in [0, 0.1) is 5.82 Å². The predicted octanol–water partition coefficient (Wildman–Crippen LogP) is 1.93. The van der Waals surface area contributed by atoms with Crippen molar-refractivity contribution in [2.45, 2.75) is 18.9 Å². The maximum atomic E-state index is 13.5. The van der Waals surface area contributed by atoms with Crippen molar-refractivity contribution in [2.75, 3.05) is 6.61 Å². The maximum absolute atomic E-state index is 13.5. The van der Waals surface area contributed by atoms with Crippen LogP contribution in [0.2, 0.25) is 0 Å². The van der Waals surface area contributed by atoms with Crippen molar-refractivity contribution in [3.8, 4) is 0 Å². The molecule has 0 aliphatic heterocycles. The molecule has 1 rings (SSSR count). The molecule has 0 heterocycles. The lowest BCUT2D eigenvalue weighted by molar-refractivity contribution is -0.0584. The highest BCUT2D eigenvalue weighted by atomic mass is 19.3. The van der Waals surface area contributed by atoms with E-state index >= 15 is 0 Å². The van der Waals surface area contributed by atoms with E-state index in [4.69, 9.17) is 10.8 Å². The summed E-state index contributed by atoms with van der Waals surface area (Å²) in [6, 6.07) is 2.91. The second-order valence-corrected chi connectivity index (χ2v) is 3.36. The van der Waals surface area contributed by atoms with Crippen molar-refractivity contribution in [1.82, 2.24) is 0 Å². The van der Waals surface area contributed by atoms with Crippen molar-refractivity contribution >= 4 is 0 Å². The van der Waals surface area contributed by atoms with E-state index in [0.29, 0.717) is 0 Å². The first-order valence-corrected chi connectivity index (χ1v) is 4.43. The minimum Gasteiger partial charge on any atom is -0.390 e. The van der Waals surface area contributed by atoms with Gasteiger partial charge >= 0.3 is 0 Å². The molecule has 1 aromatic carbocycles. The first-order chi connectivity index (χ1) is 6.90. The summed E-state index contributed by atoms with van der Waals surface area (Å²) in [5, 5.41) is 8.45. The fourth-order valence-corrected chi connectivity index (χ4v) is 1.27. The number of aliphatic hydroxyl groups is 1. The molecule has 0 aliphatic rings. The Morgan fingerprint density at radius 1 is 1.47 bits per heavy atom. The third kappa shape index (κ3) is 2.30. The van der Waals surface area contributed by atoms with E-state index in [2.05, 4.69) is 0 Å². The molecule has 5 heteroatoms.